The molecule has 0 aliphatic carbocycles. The number of rotatable bonds is 3. The van der Waals surface area contributed by atoms with E-state index in [2.05, 4.69) is 6.58 Å². The first kappa shape index (κ1) is 7.70. The van der Waals surface area contributed by atoms with Crippen LogP contribution in [0.4, 0.5) is 0 Å². The molecule has 0 rings (SSSR count). The number of hydrogen-bond acceptors (Lipinski definition) is 1. The molecule has 0 aromatic heterocycles. The monoisotopic (exact) mass is 114 g/mol. The Labute approximate surface area is 51.0 Å². The number of hydrogen-bond donors (Lipinski definition) is 1. The summed E-state index contributed by atoms with van der Waals surface area (Å²) in [5, 5.41) is 8.81. The van der Waals surface area contributed by atoms with Crippen LogP contribution in [0.2, 0.25) is 0 Å². The van der Waals surface area contributed by atoms with Crippen LogP contribution in [-0.4, -0.2) is 11.2 Å². The SMILES string of the molecule is C=CC(C)CC(C)O. The van der Waals surface area contributed by atoms with Crippen molar-refractivity contribution < 1.29 is 5.11 Å². The van der Waals surface area contributed by atoms with E-state index < -0.39 is 0 Å². The van der Waals surface area contributed by atoms with Crippen molar-refractivity contribution >= 4 is 0 Å². The second kappa shape index (κ2) is 3.67. The summed E-state index contributed by atoms with van der Waals surface area (Å²) >= 11 is 0. The van der Waals surface area contributed by atoms with E-state index in [0.717, 1.165) is 6.42 Å². The minimum atomic E-state index is -0.192. The Bertz CT molecular complexity index is 66.8. The number of aliphatic hydroxyl groups excluding tert-OH is 1. The van der Waals surface area contributed by atoms with Gasteiger partial charge in [-0.2, -0.15) is 0 Å². The van der Waals surface area contributed by atoms with Gasteiger partial charge in [-0.15, -0.1) is 6.58 Å². The van der Waals surface area contributed by atoms with Gasteiger partial charge in [0.1, 0.15) is 0 Å². The van der Waals surface area contributed by atoms with Crippen LogP contribution in [0.5, 0.6) is 0 Å². The summed E-state index contributed by atoms with van der Waals surface area (Å²) in [6.07, 6.45) is 2.49. The van der Waals surface area contributed by atoms with Gasteiger partial charge in [0.2, 0.25) is 0 Å². The minimum absolute atomic E-state index is 0.192. The van der Waals surface area contributed by atoms with Gasteiger partial charge in [-0.05, 0) is 19.3 Å². The van der Waals surface area contributed by atoms with Gasteiger partial charge in [-0.25, -0.2) is 0 Å². The molecular weight excluding hydrogens is 100 g/mol. The second-order valence-corrected chi connectivity index (χ2v) is 2.30. The fourth-order valence-electron chi connectivity index (χ4n) is 0.634. The van der Waals surface area contributed by atoms with Crippen molar-refractivity contribution in [2.45, 2.75) is 26.4 Å². The normalized spacial score (nSPS) is 17.4. The van der Waals surface area contributed by atoms with E-state index >= 15 is 0 Å². The van der Waals surface area contributed by atoms with Crippen LogP contribution in [0.3, 0.4) is 0 Å². The zero-order valence-electron chi connectivity index (χ0n) is 5.59. The Kier molecular flexibility index (Phi) is 3.53. The van der Waals surface area contributed by atoms with Crippen LogP contribution in [0, 0.1) is 5.92 Å². The highest BCUT2D eigenvalue weighted by Crippen LogP contribution is 2.04. The lowest BCUT2D eigenvalue weighted by atomic mass is 10.1. The molecule has 0 aliphatic heterocycles. The quantitative estimate of drug-likeness (QED) is 0.552. The van der Waals surface area contributed by atoms with Gasteiger partial charge in [0, 0.05) is 0 Å². The van der Waals surface area contributed by atoms with Gasteiger partial charge in [-0.3, -0.25) is 0 Å². The van der Waals surface area contributed by atoms with E-state index in [0.29, 0.717) is 5.92 Å². The Hall–Kier alpha value is -0.300. The van der Waals surface area contributed by atoms with E-state index in [4.69, 9.17) is 5.11 Å². The number of aliphatic hydroxyl groups is 1. The minimum Gasteiger partial charge on any atom is -0.393 e. The van der Waals surface area contributed by atoms with E-state index in [1.165, 1.54) is 0 Å². The summed E-state index contributed by atoms with van der Waals surface area (Å²) in [6.45, 7) is 7.44. The van der Waals surface area contributed by atoms with Gasteiger partial charge >= 0.3 is 0 Å². The van der Waals surface area contributed by atoms with Gasteiger partial charge < -0.3 is 5.11 Å². The molecule has 0 bridgehead atoms. The molecule has 0 heterocycles. The maximum atomic E-state index is 8.81. The molecule has 2 unspecified atom stereocenters. The molecule has 0 radical (unpaired) electrons. The van der Waals surface area contributed by atoms with Crippen molar-refractivity contribution in [2.75, 3.05) is 0 Å². The molecule has 0 aliphatic rings. The molecule has 2 atom stereocenters. The van der Waals surface area contributed by atoms with Crippen molar-refractivity contribution in [3.8, 4) is 0 Å². The van der Waals surface area contributed by atoms with Crippen molar-refractivity contribution in [3.05, 3.63) is 12.7 Å². The first-order valence-corrected chi connectivity index (χ1v) is 2.97. The summed E-state index contributed by atoms with van der Waals surface area (Å²) in [5.74, 6) is 0.440. The average molecular weight is 114 g/mol. The molecular formula is C7H14O. The second-order valence-electron chi connectivity index (χ2n) is 2.30. The van der Waals surface area contributed by atoms with Crippen molar-refractivity contribution in [1.29, 1.82) is 0 Å². The van der Waals surface area contributed by atoms with Crippen molar-refractivity contribution in [1.82, 2.24) is 0 Å². The first-order chi connectivity index (χ1) is 3.66. The summed E-state index contributed by atoms with van der Waals surface area (Å²) in [6, 6.07) is 0. The number of allylic oxidation sites excluding steroid dienone is 1. The van der Waals surface area contributed by atoms with E-state index in [1.807, 2.05) is 13.0 Å². The maximum Gasteiger partial charge on any atom is 0.0517 e. The molecule has 0 saturated heterocycles. The van der Waals surface area contributed by atoms with Gasteiger partial charge in [0.15, 0.2) is 0 Å². The Morgan fingerprint density at radius 1 is 1.62 bits per heavy atom. The Morgan fingerprint density at radius 3 is 2.25 bits per heavy atom. The average Bonchev–Trinajstić information content (AvgIpc) is 1.65. The van der Waals surface area contributed by atoms with Crippen LogP contribution in [0.25, 0.3) is 0 Å². The van der Waals surface area contributed by atoms with Gasteiger partial charge in [0.05, 0.1) is 6.10 Å². The fraction of sp³-hybridized carbons (Fsp3) is 0.714. The standard InChI is InChI=1S/C7H14O/c1-4-6(2)5-7(3)8/h4,6-8H,1,5H2,2-3H3. The molecule has 0 aromatic carbocycles. The molecule has 0 spiro atoms. The highest BCUT2D eigenvalue weighted by Gasteiger charge is 1.99. The molecule has 0 amide bonds. The molecule has 0 aromatic rings. The molecule has 48 valence electrons. The summed E-state index contributed by atoms with van der Waals surface area (Å²) < 4.78 is 0. The lowest BCUT2D eigenvalue weighted by Gasteiger charge is -2.06. The Morgan fingerprint density at radius 2 is 2.12 bits per heavy atom. The topological polar surface area (TPSA) is 20.2 Å². The first-order valence-electron chi connectivity index (χ1n) is 2.97. The molecule has 0 fully saturated rings. The van der Waals surface area contributed by atoms with Gasteiger partial charge in [0.25, 0.3) is 0 Å². The van der Waals surface area contributed by atoms with E-state index in [1.54, 1.807) is 6.92 Å². The predicted octanol–water partition coefficient (Wildman–Crippen LogP) is 1.58. The maximum absolute atomic E-state index is 8.81. The van der Waals surface area contributed by atoms with Crippen LogP contribution >= 0.6 is 0 Å². The summed E-state index contributed by atoms with van der Waals surface area (Å²) in [7, 11) is 0. The third-order valence-electron chi connectivity index (χ3n) is 1.12. The van der Waals surface area contributed by atoms with Crippen molar-refractivity contribution in [3.63, 3.8) is 0 Å². The largest absolute Gasteiger partial charge is 0.393 e. The van der Waals surface area contributed by atoms with E-state index in [-0.39, 0.29) is 6.10 Å². The van der Waals surface area contributed by atoms with Crippen LogP contribution in [0.1, 0.15) is 20.3 Å². The smallest absolute Gasteiger partial charge is 0.0517 e. The lowest BCUT2D eigenvalue weighted by Crippen LogP contribution is -2.04. The van der Waals surface area contributed by atoms with Crippen LogP contribution in [0.15, 0.2) is 12.7 Å². The molecule has 1 N–H and O–H groups in total. The predicted molar refractivity (Wildman–Crippen MR) is 35.7 cm³/mol. The van der Waals surface area contributed by atoms with Crippen LogP contribution in [-0.2, 0) is 0 Å². The third-order valence-corrected chi connectivity index (χ3v) is 1.12. The third kappa shape index (κ3) is 3.88. The lowest BCUT2D eigenvalue weighted by molar-refractivity contribution is 0.172. The van der Waals surface area contributed by atoms with Gasteiger partial charge in [-0.1, -0.05) is 13.0 Å². The molecule has 0 saturated carbocycles. The molecule has 8 heavy (non-hydrogen) atoms. The summed E-state index contributed by atoms with van der Waals surface area (Å²) in [4.78, 5) is 0. The van der Waals surface area contributed by atoms with Crippen LogP contribution < -0.4 is 0 Å². The van der Waals surface area contributed by atoms with Crippen molar-refractivity contribution in [2.24, 2.45) is 5.92 Å². The highest BCUT2D eigenvalue weighted by atomic mass is 16.3. The molecule has 1 nitrogen and oxygen atoms in total. The zero-order chi connectivity index (χ0) is 6.57. The highest BCUT2D eigenvalue weighted by molar-refractivity contribution is 4.75. The summed E-state index contributed by atoms with van der Waals surface area (Å²) in [5.41, 5.74) is 0. The molecule has 1 heteroatoms. The fourth-order valence-corrected chi connectivity index (χ4v) is 0.634. The Balaban J connectivity index is 3.23. The zero-order valence-corrected chi connectivity index (χ0v) is 5.59. The van der Waals surface area contributed by atoms with E-state index in [9.17, 15) is 0 Å².